The number of hydrogen-bond donors (Lipinski definition) is 0. The Morgan fingerprint density at radius 2 is 1.31 bits per heavy atom. The number of ether oxygens (including phenoxy) is 3. The highest BCUT2D eigenvalue weighted by Crippen LogP contribution is 2.35. The minimum atomic E-state index is -0.545. The molecule has 0 radical (unpaired) electrons. The molecule has 5 heteroatoms. The fourth-order valence-corrected chi connectivity index (χ4v) is 4.02. The van der Waals surface area contributed by atoms with Crippen molar-refractivity contribution in [1.82, 2.24) is 0 Å². The van der Waals surface area contributed by atoms with E-state index >= 15 is 0 Å². The lowest BCUT2D eigenvalue weighted by Crippen LogP contribution is -2.11. The predicted octanol–water partition coefficient (Wildman–Crippen LogP) is 7.69. The molecule has 5 nitrogen and oxygen atoms in total. The van der Waals surface area contributed by atoms with Crippen LogP contribution in [0.3, 0.4) is 0 Å². The Kier molecular flexibility index (Phi) is 9.43. The lowest BCUT2D eigenvalue weighted by molar-refractivity contribution is 0.249. The van der Waals surface area contributed by atoms with Crippen molar-refractivity contribution in [3.63, 3.8) is 0 Å². The molecule has 1 heterocycles. The van der Waals surface area contributed by atoms with Gasteiger partial charge in [-0.3, -0.25) is 0 Å². The standard InChI is InChI=1S/C31H34O5/c1-2-3-4-5-6-13-20-33-30-29(35-23-25-16-11-8-12-17-25)27-19-18-26(21-28(27)36-31(30)32)34-22-24-14-9-7-10-15-24/h7-12,14-19,21H,2-6,13,20,22-23H2,1H3. The maximum Gasteiger partial charge on any atom is 0.383 e. The van der Waals surface area contributed by atoms with Gasteiger partial charge in [0.25, 0.3) is 0 Å². The number of fused-ring (bicyclic) bond motifs is 1. The van der Waals surface area contributed by atoms with Crippen molar-refractivity contribution in [2.45, 2.75) is 58.7 Å². The van der Waals surface area contributed by atoms with E-state index in [1.165, 1.54) is 25.7 Å². The van der Waals surface area contributed by atoms with Crippen molar-refractivity contribution in [3.05, 3.63) is 100 Å². The van der Waals surface area contributed by atoms with Gasteiger partial charge in [-0.05, 0) is 29.7 Å². The summed E-state index contributed by atoms with van der Waals surface area (Å²) in [5.41, 5.74) is 1.92. The summed E-state index contributed by atoms with van der Waals surface area (Å²) in [5.74, 6) is 1.15. The third-order valence-corrected chi connectivity index (χ3v) is 6.01. The van der Waals surface area contributed by atoms with Crippen LogP contribution in [0.5, 0.6) is 17.2 Å². The topological polar surface area (TPSA) is 57.9 Å². The molecule has 1 aromatic heterocycles. The highest BCUT2D eigenvalue weighted by atomic mass is 16.5. The van der Waals surface area contributed by atoms with Crippen LogP contribution in [0.25, 0.3) is 11.0 Å². The van der Waals surface area contributed by atoms with E-state index in [0.717, 1.165) is 24.0 Å². The van der Waals surface area contributed by atoms with Gasteiger partial charge in [0.1, 0.15) is 24.5 Å². The summed E-state index contributed by atoms with van der Waals surface area (Å²) in [6.45, 7) is 3.40. The van der Waals surface area contributed by atoms with Crippen LogP contribution >= 0.6 is 0 Å². The van der Waals surface area contributed by atoms with Crippen LogP contribution in [0.2, 0.25) is 0 Å². The Morgan fingerprint density at radius 3 is 2.00 bits per heavy atom. The van der Waals surface area contributed by atoms with Crippen molar-refractivity contribution in [3.8, 4) is 17.2 Å². The molecule has 0 aliphatic heterocycles. The summed E-state index contributed by atoms with van der Waals surface area (Å²) in [6.07, 6.45) is 6.83. The Morgan fingerprint density at radius 1 is 0.667 bits per heavy atom. The molecule has 4 aromatic rings. The minimum Gasteiger partial charge on any atom is -0.489 e. The van der Waals surface area contributed by atoms with Gasteiger partial charge in [-0.1, -0.05) is 99.7 Å². The van der Waals surface area contributed by atoms with Crippen molar-refractivity contribution in [2.24, 2.45) is 0 Å². The van der Waals surface area contributed by atoms with E-state index in [1.54, 1.807) is 6.07 Å². The van der Waals surface area contributed by atoms with Gasteiger partial charge in [0.2, 0.25) is 5.75 Å². The zero-order valence-corrected chi connectivity index (χ0v) is 20.9. The monoisotopic (exact) mass is 486 g/mol. The Balaban J connectivity index is 1.53. The molecule has 0 saturated carbocycles. The summed E-state index contributed by atoms with van der Waals surface area (Å²) in [7, 11) is 0. The van der Waals surface area contributed by atoms with Gasteiger partial charge in [-0.2, -0.15) is 0 Å². The number of benzene rings is 3. The average Bonchev–Trinajstić information content (AvgIpc) is 2.92. The fourth-order valence-electron chi connectivity index (χ4n) is 4.02. The van der Waals surface area contributed by atoms with Crippen LogP contribution in [0.4, 0.5) is 0 Å². The van der Waals surface area contributed by atoms with Crippen molar-refractivity contribution < 1.29 is 18.6 Å². The molecular weight excluding hydrogens is 452 g/mol. The van der Waals surface area contributed by atoms with Gasteiger partial charge in [-0.25, -0.2) is 4.79 Å². The third-order valence-electron chi connectivity index (χ3n) is 6.01. The van der Waals surface area contributed by atoms with Crippen LogP contribution in [0, 0.1) is 0 Å². The van der Waals surface area contributed by atoms with E-state index < -0.39 is 5.63 Å². The molecule has 0 atom stereocenters. The SMILES string of the molecule is CCCCCCCCOc1c(OCc2ccccc2)c2ccc(OCc3ccccc3)cc2oc1=O. The molecule has 0 bridgehead atoms. The summed E-state index contributed by atoms with van der Waals surface area (Å²) < 4.78 is 23.7. The van der Waals surface area contributed by atoms with Crippen molar-refractivity contribution >= 4 is 11.0 Å². The van der Waals surface area contributed by atoms with E-state index in [4.69, 9.17) is 18.6 Å². The first-order chi connectivity index (χ1) is 17.7. The molecule has 0 N–H and O–H groups in total. The van der Waals surface area contributed by atoms with Crippen LogP contribution in [0.15, 0.2) is 88.1 Å². The van der Waals surface area contributed by atoms with E-state index in [9.17, 15) is 4.79 Å². The summed E-state index contributed by atoms with van der Waals surface area (Å²) in [6, 6.07) is 25.2. The number of rotatable bonds is 14. The molecule has 36 heavy (non-hydrogen) atoms. The van der Waals surface area contributed by atoms with Gasteiger partial charge in [0.15, 0.2) is 5.75 Å². The van der Waals surface area contributed by atoms with Crippen molar-refractivity contribution in [2.75, 3.05) is 6.61 Å². The summed E-state index contributed by atoms with van der Waals surface area (Å²) in [5, 5.41) is 0.676. The summed E-state index contributed by atoms with van der Waals surface area (Å²) >= 11 is 0. The van der Waals surface area contributed by atoms with Gasteiger partial charge in [-0.15, -0.1) is 0 Å². The first kappa shape index (κ1) is 25.4. The zero-order valence-electron chi connectivity index (χ0n) is 20.9. The summed E-state index contributed by atoms with van der Waals surface area (Å²) in [4.78, 5) is 12.9. The van der Waals surface area contributed by atoms with Crippen molar-refractivity contribution in [1.29, 1.82) is 0 Å². The highest BCUT2D eigenvalue weighted by molar-refractivity contribution is 5.86. The van der Waals surface area contributed by atoms with E-state index in [0.29, 0.717) is 42.3 Å². The number of hydrogen-bond acceptors (Lipinski definition) is 5. The second-order valence-electron chi connectivity index (χ2n) is 8.87. The molecule has 0 aliphatic rings. The van der Waals surface area contributed by atoms with Crippen LogP contribution in [0.1, 0.15) is 56.6 Å². The Hall–Kier alpha value is -3.73. The van der Waals surface area contributed by atoms with Crippen LogP contribution in [-0.2, 0) is 13.2 Å². The Labute approximate surface area is 212 Å². The molecule has 188 valence electrons. The van der Waals surface area contributed by atoms with Gasteiger partial charge in [0, 0.05) is 6.07 Å². The second-order valence-corrected chi connectivity index (χ2v) is 8.87. The third kappa shape index (κ3) is 7.14. The van der Waals surface area contributed by atoms with Gasteiger partial charge in [0.05, 0.1) is 12.0 Å². The molecule has 0 aliphatic carbocycles. The number of unbranched alkanes of at least 4 members (excludes halogenated alkanes) is 5. The molecule has 0 spiro atoms. The molecule has 0 amide bonds. The minimum absolute atomic E-state index is 0.130. The molecular formula is C31H34O5. The zero-order chi connectivity index (χ0) is 25.0. The molecule has 4 rings (SSSR count). The largest absolute Gasteiger partial charge is 0.489 e. The van der Waals surface area contributed by atoms with E-state index in [2.05, 4.69) is 6.92 Å². The van der Waals surface area contributed by atoms with E-state index in [-0.39, 0.29) is 5.75 Å². The molecule has 3 aromatic carbocycles. The lowest BCUT2D eigenvalue weighted by Gasteiger charge is -2.15. The van der Waals surface area contributed by atoms with E-state index in [1.807, 2.05) is 72.8 Å². The fraction of sp³-hybridized carbons (Fsp3) is 0.323. The Bertz CT molecular complexity index is 1260. The average molecular weight is 487 g/mol. The predicted molar refractivity (Wildman–Crippen MR) is 143 cm³/mol. The van der Waals surface area contributed by atoms with Crippen LogP contribution in [-0.4, -0.2) is 6.61 Å². The van der Waals surface area contributed by atoms with Gasteiger partial charge >= 0.3 is 5.63 Å². The molecule has 0 saturated heterocycles. The molecule has 0 unspecified atom stereocenters. The van der Waals surface area contributed by atoms with Crippen LogP contribution < -0.4 is 19.8 Å². The first-order valence-corrected chi connectivity index (χ1v) is 12.8. The first-order valence-electron chi connectivity index (χ1n) is 12.8. The quantitative estimate of drug-likeness (QED) is 0.135. The normalized spacial score (nSPS) is 10.9. The molecule has 0 fully saturated rings. The smallest absolute Gasteiger partial charge is 0.383 e. The maximum absolute atomic E-state index is 12.9. The van der Waals surface area contributed by atoms with Gasteiger partial charge < -0.3 is 18.6 Å². The maximum atomic E-state index is 12.9. The lowest BCUT2D eigenvalue weighted by atomic mass is 10.1. The second kappa shape index (κ2) is 13.4. The highest BCUT2D eigenvalue weighted by Gasteiger charge is 2.19.